The molecule has 5 rings (SSSR count). The van der Waals surface area contributed by atoms with Crippen molar-refractivity contribution in [3.05, 3.63) is 95.8 Å². The van der Waals surface area contributed by atoms with Crippen LogP contribution in [0.2, 0.25) is 0 Å². The number of hydrogen-bond acceptors (Lipinski definition) is 5. The van der Waals surface area contributed by atoms with Gasteiger partial charge >= 0.3 is 0 Å². The molecular formula is C27H23FN4O2S. The minimum absolute atomic E-state index is 0.0757. The van der Waals surface area contributed by atoms with Crippen LogP contribution in [0.4, 0.5) is 10.1 Å². The van der Waals surface area contributed by atoms with Gasteiger partial charge in [-0.1, -0.05) is 66.4 Å². The lowest BCUT2D eigenvalue weighted by Crippen LogP contribution is -2.20. The SMILES string of the molecule is CC(=O)c1cccc(NC(=O)[C@H](Sc2nnc(-c3ccccc3F)n2C2CC2)c2ccccc2)c1. The van der Waals surface area contributed by atoms with Gasteiger partial charge in [0.25, 0.3) is 0 Å². The van der Waals surface area contributed by atoms with Gasteiger partial charge in [0.1, 0.15) is 11.1 Å². The Morgan fingerprint density at radius 3 is 2.46 bits per heavy atom. The van der Waals surface area contributed by atoms with Crippen molar-refractivity contribution < 1.29 is 14.0 Å². The van der Waals surface area contributed by atoms with E-state index in [1.54, 1.807) is 42.5 Å². The van der Waals surface area contributed by atoms with E-state index in [0.717, 1.165) is 18.4 Å². The van der Waals surface area contributed by atoms with Gasteiger partial charge in [0.15, 0.2) is 16.8 Å². The molecule has 6 nitrogen and oxygen atoms in total. The first kappa shape index (κ1) is 23.0. The molecule has 8 heteroatoms. The van der Waals surface area contributed by atoms with Crippen LogP contribution in [-0.4, -0.2) is 26.5 Å². The predicted molar refractivity (Wildman–Crippen MR) is 134 cm³/mol. The number of carbonyl (C=O) groups excluding carboxylic acids is 2. The van der Waals surface area contributed by atoms with Crippen molar-refractivity contribution in [1.82, 2.24) is 14.8 Å². The summed E-state index contributed by atoms with van der Waals surface area (Å²) in [6, 6.07) is 23.0. The van der Waals surface area contributed by atoms with E-state index in [2.05, 4.69) is 15.5 Å². The molecule has 1 aliphatic carbocycles. The van der Waals surface area contributed by atoms with Crippen molar-refractivity contribution in [3.63, 3.8) is 0 Å². The summed E-state index contributed by atoms with van der Waals surface area (Å²) in [6.45, 7) is 1.49. The highest BCUT2D eigenvalue weighted by atomic mass is 32.2. The van der Waals surface area contributed by atoms with Gasteiger partial charge < -0.3 is 5.32 Å². The molecule has 0 unspecified atom stereocenters. The Morgan fingerprint density at radius 2 is 1.74 bits per heavy atom. The number of nitrogens with zero attached hydrogens (tertiary/aromatic N) is 3. The molecule has 0 bridgehead atoms. The van der Waals surface area contributed by atoms with Gasteiger partial charge in [-0.25, -0.2) is 4.39 Å². The smallest absolute Gasteiger partial charge is 0.242 e. The Balaban J connectivity index is 1.49. The Labute approximate surface area is 206 Å². The van der Waals surface area contributed by atoms with Gasteiger partial charge in [0.05, 0.1) is 5.56 Å². The van der Waals surface area contributed by atoms with E-state index in [4.69, 9.17) is 0 Å². The molecule has 0 aliphatic heterocycles. The molecule has 0 spiro atoms. The Morgan fingerprint density at radius 1 is 1.00 bits per heavy atom. The van der Waals surface area contributed by atoms with Crippen LogP contribution >= 0.6 is 11.8 Å². The zero-order chi connectivity index (χ0) is 24.4. The fraction of sp³-hybridized carbons (Fsp3) is 0.185. The minimum Gasteiger partial charge on any atom is -0.325 e. The van der Waals surface area contributed by atoms with Crippen molar-refractivity contribution >= 4 is 29.1 Å². The minimum atomic E-state index is -0.632. The normalized spacial score (nSPS) is 13.9. The van der Waals surface area contributed by atoms with E-state index in [9.17, 15) is 14.0 Å². The first-order valence-corrected chi connectivity index (χ1v) is 12.2. The van der Waals surface area contributed by atoms with Crippen LogP contribution in [0.1, 0.15) is 47.0 Å². The summed E-state index contributed by atoms with van der Waals surface area (Å²) >= 11 is 1.28. The van der Waals surface area contributed by atoms with Crippen LogP contribution in [0.3, 0.4) is 0 Å². The van der Waals surface area contributed by atoms with Crippen molar-refractivity contribution in [2.45, 2.75) is 36.2 Å². The number of ketones is 1. The van der Waals surface area contributed by atoms with Crippen LogP contribution in [0.25, 0.3) is 11.4 Å². The molecule has 1 aromatic heterocycles. The number of hydrogen-bond donors (Lipinski definition) is 1. The standard InChI is InChI=1S/C27H23FN4O2S/c1-17(33)19-10-7-11-20(16-19)29-26(34)24(18-8-3-2-4-9-18)35-27-31-30-25(32(27)21-14-15-21)22-12-5-6-13-23(22)28/h2-13,16,21,24H,14-15H2,1H3,(H,29,34)/t24-/m1/s1. The monoisotopic (exact) mass is 486 g/mol. The number of benzene rings is 3. The van der Waals surface area contributed by atoms with E-state index >= 15 is 0 Å². The summed E-state index contributed by atoms with van der Waals surface area (Å²) in [7, 11) is 0. The second-order valence-electron chi connectivity index (χ2n) is 8.42. The fourth-order valence-corrected chi connectivity index (χ4v) is 4.98. The van der Waals surface area contributed by atoms with E-state index in [0.29, 0.717) is 27.8 Å². The second-order valence-corrected chi connectivity index (χ2v) is 9.49. The zero-order valence-corrected chi connectivity index (χ0v) is 19.8. The van der Waals surface area contributed by atoms with Crippen LogP contribution in [-0.2, 0) is 4.79 Å². The predicted octanol–water partition coefficient (Wildman–Crippen LogP) is 6.09. The number of thioether (sulfide) groups is 1. The van der Waals surface area contributed by atoms with Crippen LogP contribution < -0.4 is 5.32 Å². The molecule has 1 aliphatic rings. The molecule has 176 valence electrons. The molecule has 35 heavy (non-hydrogen) atoms. The number of rotatable bonds is 8. The molecule has 1 heterocycles. The van der Waals surface area contributed by atoms with Gasteiger partial charge in [-0.05, 0) is 49.6 Å². The van der Waals surface area contributed by atoms with E-state index in [1.165, 1.54) is 24.8 Å². The third kappa shape index (κ3) is 5.02. The lowest BCUT2D eigenvalue weighted by atomic mass is 10.1. The molecule has 0 saturated heterocycles. The summed E-state index contributed by atoms with van der Waals surface area (Å²) in [5.74, 6) is -0.219. The van der Waals surface area contributed by atoms with E-state index in [1.807, 2.05) is 34.9 Å². The van der Waals surface area contributed by atoms with Crippen LogP contribution in [0, 0.1) is 5.82 Å². The largest absolute Gasteiger partial charge is 0.325 e. The maximum Gasteiger partial charge on any atom is 0.242 e. The van der Waals surface area contributed by atoms with Gasteiger partial charge in [-0.2, -0.15) is 0 Å². The Hall–Kier alpha value is -3.78. The molecule has 1 saturated carbocycles. The summed E-state index contributed by atoms with van der Waals surface area (Å²) in [5, 5.41) is 11.6. The van der Waals surface area contributed by atoms with Crippen molar-refractivity contribution in [2.24, 2.45) is 0 Å². The molecule has 4 aromatic rings. The summed E-state index contributed by atoms with van der Waals surface area (Å²) < 4.78 is 16.5. The third-order valence-electron chi connectivity index (χ3n) is 5.79. The topological polar surface area (TPSA) is 76.9 Å². The highest BCUT2D eigenvalue weighted by Gasteiger charge is 2.33. The first-order valence-electron chi connectivity index (χ1n) is 11.3. The second kappa shape index (κ2) is 9.84. The Bertz CT molecular complexity index is 1380. The van der Waals surface area contributed by atoms with Gasteiger partial charge in [-0.3, -0.25) is 14.2 Å². The van der Waals surface area contributed by atoms with Gasteiger partial charge in [0.2, 0.25) is 5.91 Å². The number of aromatic nitrogens is 3. The first-order chi connectivity index (χ1) is 17.0. The molecule has 1 N–H and O–H groups in total. The summed E-state index contributed by atoms with van der Waals surface area (Å²) in [6.07, 6.45) is 1.90. The number of halogens is 1. The van der Waals surface area contributed by atoms with Crippen molar-refractivity contribution in [1.29, 1.82) is 0 Å². The third-order valence-corrected chi connectivity index (χ3v) is 7.00. The van der Waals surface area contributed by atoms with Crippen LogP contribution in [0.15, 0.2) is 84.0 Å². The molecule has 0 radical (unpaired) electrons. The molecule has 1 fully saturated rings. The molecule has 1 atom stereocenters. The van der Waals surface area contributed by atoms with Gasteiger partial charge in [-0.15, -0.1) is 10.2 Å². The number of nitrogens with one attached hydrogen (secondary N) is 1. The molecule has 1 amide bonds. The number of carbonyl (C=O) groups is 2. The van der Waals surface area contributed by atoms with Crippen molar-refractivity contribution in [2.75, 3.05) is 5.32 Å². The lowest BCUT2D eigenvalue weighted by molar-refractivity contribution is -0.115. The highest BCUT2D eigenvalue weighted by Crippen LogP contribution is 2.44. The lowest BCUT2D eigenvalue weighted by Gasteiger charge is -2.18. The average Bonchev–Trinajstić information content (AvgIpc) is 3.62. The quantitative estimate of drug-likeness (QED) is 0.241. The number of anilines is 1. The molecule has 3 aromatic carbocycles. The fourth-order valence-electron chi connectivity index (χ4n) is 3.88. The average molecular weight is 487 g/mol. The Kier molecular flexibility index (Phi) is 6.46. The van der Waals surface area contributed by atoms with E-state index in [-0.39, 0.29) is 23.5 Å². The molecular weight excluding hydrogens is 463 g/mol. The number of amides is 1. The van der Waals surface area contributed by atoms with Crippen LogP contribution in [0.5, 0.6) is 0 Å². The number of Topliss-reactive ketones (excluding diaryl/α,β-unsaturated/α-hetero) is 1. The summed E-state index contributed by atoms with van der Waals surface area (Å²) in [5.41, 5.74) is 2.26. The zero-order valence-electron chi connectivity index (χ0n) is 19.0. The maximum absolute atomic E-state index is 14.6. The van der Waals surface area contributed by atoms with E-state index < -0.39 is 5.25 Å². The summed E-state index contributed by atoms with van der Waals surface area (Å²) in [4.78, 5) is 25.3. The van der Waals surface area contributed by atoms with Gasteiger partial charge in [0, 0.05) is 17.3 Å². The highest BCUT2D eigenvalue weighted by molar-refractivity contribution is 8.00. The maximum atomic E-state index is 14.6. The van der Waals surface area contributed by atoms with Crippen molar-refractivity contribution in [3.8, 4) is 11.4 Å².